The van der Waals surface area contributed by atoms with E-state index >= 15 is 0 Å². The Morgan fingerprint density at radius 3 is 2.75 bits per heavy atom. The fraction of sp³-hybridized carbons (Fsp3) is 0.583. The van der Waals surface area contributed by atoms with E-state index in [4.69, 9.17) is 16.3 Å². The quantitative estimate of drug-likeness (QED) is 0.518. The molecule has 0 bridgehead atoms. The lowest BCUT2D eigenvalue weighted by molar-refractivity contribution is -0.384. The van der Waals surface area contributed by atoms with Gasteiger partial charge in [0.1, 0.15) is 5.69 Å². The molecule has 8 heteroatoms. The highest BCUT2D eigenvalue weighted by Gasteiger charge is 2.34. The number of carbonyl (C=O) groups is 1. The Labute approximate surface area is 121 Å². The van der Waals surface area contributed by atoms with Gasteiger partial charge in [-0.1, -0.05) is 0 Å². The van der Waals surface area contributed by atoms with Gasteiger partial charge in [-0.25, -0.2) is 0 Å². The zero-order chi connectivity index (χ0) is 14.8. The lowest BCUT2D eigenvalue weighted by atomic mass is 9.92. The van der Waals surface area contributed by atoms with Crippen molar-refractivity contribution in [2.45, 2.75) is 18.4 Å². The van der Waals surface area contributed by atoms with Gasteiger partial charge < -0.3 is 14.6 Å². The summed E-state index contributed by atoms with van der Waals surface area (Å²) >= 11 is 5.98. The van der Waals surface area contributed by atoms with Gasteiger partial charge in [0.25, 0.3) is 11.6 Å². The van der Waals surface area contributed by atoms with Crippen molar-refractivity contribution >= 4 is 23.2 Å². The molecule has 1 aromatic heterocycles. The maximum atomic E-state index is 12.3. The molecule has 1 aliphatic rings. The van der Waals surface area contributed by atoms with Gasteiger partial charge in [-0.2, -0.15) is 0 Å². The molecule has 0 atom stereocenters. The SMILES string of the molecule is Cn1cc([N+](=O)[O-])cc1C(=O)NC1(CCl)CCOCC1. The molecule has 0 aromatic carbocycles. The molecule has 0 unspecified atom stereocenters. The fourth-order valence-electron chi connectivity index (χ4n) is 2.23. The maximum Gasteiger partial charge on any atom is 0.287 e. The van der Waals surface area contributed by atoms with Gasteiger partial charge in [0.2, 0.25) is 0 Å². The molecule has 1 saturated heterocycles. The van der Waals surface area contributed by atoms with Crippen LogP contribution in [0.2, 0.25) is 0 Å². The second-order valence-electron chi connectivity index (χ2n) is 4.93. The molecule has 1 aromatic rings. The topological polar surface area (TPSA) is 86.4 Å². The fourth-order valence-corrected chi connectivity index (χ4v) is 2.57. The largest absolute Gasteiger partial charge is 0.381 e. The molecule has 2 heterocycles. The second kappa shape index (κ2) is 5.80. The predicted molar refractivity (Wildman–Crippen MR) is 73.0 cm³/mol. The smallest absolute Gasteiger partial charge is 0.287 e. The van der Waals surface area contributed by atoms with Gasteiger partial charge >= 0.3 is 0 Å². The number of carbonyl (C=O) groups excluding carboxylic acids is 1. The molecule has 7 nitrogen and oxygen atoms in total. The van der Waals surface area contributed by atoms with Crippen LogP contribution in [0.1, 0.15) is 23.3 Å². The number of alkyl halides is 1. The number of amides is 1. The zero-order valence-corrected chi connectivity index (χ0v) is 11.9. The van der Waals surface area contributed by atoms with Crippen LogP contribution in [0, 0.1) is 10.1 Å². The second-order valence-corrected chi connectivity index (χ2v) is 5.20. The summed E-state index contributed by atoms with van der Waals surface area (Å²) in [4.78, 5) is 22.5. The van der Waals surface area contributed by atoms with E-state index < -0.39 is 10.5 Å². The molecule has 2 rings (SSSR count). The third kappa shape index (κ3) is 2.94. The highest BCUT2D eigenvalue weighted by atomic mass is 35.5. The number of nitrogens with one attached hydrogen (secondary N) is 1. The summed E-state index contributed by atoms with van der Waals surface area (Å²) < 4.78 is 6.71. The van der Waals surface area contributed by atoms with Crippen molar-refractivity contribution in [3.8, 4) is 0 Å². The number of nitrogens with zero attached hydrogens (tertiary/aromatic N) is 2. The van der Waals surface area contributed by atoms with Crippen molar-refractivity contribution in [1.29, 1.82) is 0 Å². The number of hydrogen-bond acceptors (Lipinski definition) is 4. The molecule has 1 amide bonds. The molecule has 1 aliphatic heterocycles. The molecule has 0 aliphatic carbocycles. The number of ether oxygens (including phenoxy) is 1. The third-order valence-corrected chi connectivity index (χ3v) is 4.03. The van der Waals surface area contributed by atoms with Gasteiger partial charge in [0.15, 0.2) is 0 Å². The Morgan fingerprint density at radius 1 is 1.60 bits per heavy atom. The van der Waals surface area contributed by atoms with Crippen LogP contribution in [0.15, 0.2) is 12.3 Å². The van der Waals surface area contributed by atoms with Crippen LogP contribution in [-0.4, -0.2) is 40.0 Å². The Kier molecular flexibility index (Phi) is 4.29. The summed E-state index contributed by atoms with van der Waals surface area (Å²) in [6, 6.07) is 1.26. The van der Waals surface area contributed by atoms with E-state index in [2.05, 4.69) is 5.32 Å². The van der Waals surface area contributed by atoms with Crippen LogP contribution in [0.25, 0.3) is 0 Å². The van der Waals surface area contributed by atoms with Gasteiger partial charge in [0.05, 0.1) is 16.7 Å². The van der Waals surface area contributed by atoms with E-state index in [1.54, 1.807) is 7.05 Å². The first-order valence-corrected chi connectivity index (χ1v) is 6.78. The highest BCUT2D eigenvalue weighted by molar-refractivity contribution is 6.19. The number of halogens is 1. The van der Waals surface area contributed by atoms with E-state index in [0.717, 1.165) is 0 Å². The normalized spacial score (nSPS) is 17.7. The van der Waals surface area contributed by atoms with Crippen molar-refractivity contribution in [1.82, 2.24) is 9.88 Å². The summed E-state index contributed by atoms with van der Waals surface area (Å²) in [7, 11) is 1.60. The molecular formula is C12H16ClN3O4. The van der Waals surface area contributed by atoms with E-state index in [1.807, 2.05) is 0 Å². The highest BCUT2D eigenvalue weighted by Crippen LogP contribution is 2.23. The van der Waals surface area contributed by atoms with Crippen molar-refractivity contribution < 1.29 is 14.5 Å². The average Bonchev–Trinajstić information content (AvgIpc) is 2.82. The minimum Gasteiger partial charge on any atom is -0.381 e. The van der Waals surface area contributed by atoms with Crippen LogP contribution in [-0.2, 0) is 11.8 Å². The Morgan fingerprint density at radius 2 is 2.25 bits per heavy atom. The van der Waals surface area contributed by atoms with Crippen molar-refractivity contribution in [2.24, 2.45) is 7.05 Å². The van der Waals surface area contributed by atoms with Crippen LogP contribution < -0.4 is 5.32 Å². The van der Waals surface area contributed by atoms with Crippen molar-refractivity contribution in [3.63, 3.8) is 0 Å². The first kappa shape index (κ1) is 14.8. The summed E-state index contributed by atoms with van der Waals surface area (Å²) in [6.45, 7) is 1.08. The average molecular weight is 302 g/mol. The van der Waals surface area contributed by atoms with Crippen molar-refractivity contribution in [3.05, 3.63) is 28.1 Å². The van der Waals surface area contributed by atoms with Crippen LogP contribution in [0.4, 0.5) is 5.69 Å². The summed E-state index contributed by atoms with van der Waals surface area (Å²) in [5.74, 6) is -0.0719. The lowest BCUT2D eigenvalue weighted by Crippen LogP contribution is -2.53. The zero-order valence-electron chi connectivity index (χ0n) is 11.1. The monoisotopic (exact) mass is 301 g/mol. The molecular weight excluding hydrogens is 286 g/mol. The Bertz CT molecular complexity index is 523. The van der Waals surface area contributed by atoms with E-state index in [0.29, 0.717) is 26.1 Å². The van der Waals surface area contributed by atoms with Crippen LogP contribution in [0.5, 0.6) is 0 Å². The number of rotatable bonds is 4. The minimum atomic E-state index is -0.525. The number of nitro groups is 1. The van der Waals surface area contributed by atoms with Crippen molar-refractivity contribution in [2.75, 3.05) is 19.1 Å². The van der Waals surface area contributed by atoms with Gasteiger partial charge in [-0.05, 0) is 12.8 Å². The van der Waals surface area contributed by atoms with Crippen LogP contribution >= 0.6 is 11.6 Å². The molecule has 1 N–H and O–H groups in total. The molecule has 20 heavy (non-hydrogen) atoms. The predicted octanol–water partition coefficient (Wildman–Crippen LogP) is 1.45. The Balaban J connectivity index is 2.16. The standard InChI is InChI=1S/C12H16ClN3O4/c1-15-7-9(16(18)19)6-10(15)11(17)14-12(8-13)2-4-20-5-3-12/h6-7H,2-5,8H2,1H3,(H,14,17). The maximum absolute atomic E-state index is 12.3. The first-order valence-electron chi connectivity index (χ1n) is 6.24. The summed E-state index contributed by atoms with van der Waals surface area (Å²) in [6.07, 6.45) is 2.58. The molecule has 0 saturated carbocycles. The first-order chi connectivity index (χ1) is 9.47. The van der Waals surface area contributed by atoms with E-state index in [1.165, 1.54) is 16.8 Å². The summed E-state index contributed by atoms with van der Waals surface area (Å²) in [5, 5.41) is 13.6. The third-order valence-electron chi connectivity index (χ3n) is 3.52. The molecule has 1 fully saturated rings. The van der Waals surface area contributed by atoms with Gasteiger partial charge in [-0.3, -0.25) is 14.9 Å². The number of hydrogen-bond donors (Lipinski definition) is 1. The van der Waals surface area contributed by atoms with E-state index in [-0.39, 0.29) is 23.2 Å². The number of aryl methyl sites for hydroxylation is 1. The van der Waals surface area contributed by atoms with Gasteiger partial charge in [0, 0.05) is 32.2 Å². The van der Waals surface area contributed by atoms with Crippen LogP contribution in [0.3, 0.4) is 0 Å². The number of aromatic nitrogens is 1. The van der Waals surface area contributed by atoms with E-state index in [9.17, 15) is 14.9 Å². The summed E-state index contributed by atoms with van der Waals surface area (Å²) in [5.41, 5.74) is -0.368. The molecule has 0 radical (unpaired) electrons. The van der Waals surface area contributed by atoms with Gasteiger partial charge in [-0.15, -0.1) is 11.6 Å². The Hall–Kier alpha value is -1.60. The molecule has 0 spiro atoms. The minimum absolute atomic E-state index is 0.107. The molecule has 110 valence electrons. The lowest BCUT2D eigenvalue weighted by Gasteiger charge is -2.36.